The van der Waals surface area contributed by atoms with E-state index in [1.807, 2.05) is 35.7 Å². The van der Waals surface area contributed by atoms with E-state index >= 15 is 0 Å². The second-order valence-electron chi connectivity index (χ2n) is 4.92. The van der Waals surface area contributed by atoms with E-state index in [-0.39, 0.29) is 5.75 Å². The Morgan fingerprint density at radius 2 is 1.84 bits per heavy atom. The molecule has 25 heavy (non-hydrogen) atoms. The van der Waals surface area contributed by atoms with Crippen molar-refractivity contribution >= 4 is 34.7 Å². The molecule has 1 heterocycles. The van der Waals surface area contributed by atoms with E-state index in [9.17, 15) is 18.0 Å². The lowest BCUT2D eigenvalue weighted by Gasteiger charge is -2.06. The number of rotatable bonds is 5. The molecule has 8 heteroatoms. The third-order valence-electron chi connectivity index (χ3n) is 3.19. The molecule has 0 fully saturated rings. The van der Waals surface area contributed by atoms with E-state index in [4.69, 9.17) is 0 Å². The maximum absolute atomic E-state index is 13.5. The molecule has 0 spiro atoms. The van der Waals surface area contributed by atoms with Gasteiger partial charge in [-0.2, -0.15) is 0 Å². The molecule has 3 nitrogen and oxygen atoms in total. The van der Waals surface area contributed by atoms with Crippen molar-refractivity contribution in [3.8, 4) is 11.3 Å². The van der Waals surface area contributed by atoms with E-state index in [1.165, 1.54) is 23.1 Å². The minimum absolute atomic E-state index is 0.0276. The van der Waals surface area contributed by atoms with Crippen molar-refractivity contribution in [2.75, 3.05) is 11.1 Å². The summed E-state index contributed by atoms with van der Waals surface area (Å²) in [5.41, 5.74) is 1.38. The maximum Gasteiger partial charge on any atom is 0.234 e. The molecule has 1 aromatic heterocycles. The fraction of sp³-hybridized carbons (Fsp3) is 0.0588. The molecular weight excluding hydrogens is 369 g/mol. The van der Waals surface area contributed by atoms with Crippen LogP contribution in [0, 0.1) is 17.5 Å². The second-order valence-corrected chi connectivity index (χ2v) is 7.01. The van der Waals surface area contributed by atoms with Crippen LogP contribution in [0.1, 0.15) is 0 Å². The lowest BCUT2D eigenvalue weighted by molar-refractivity contribution is -0.113. The fourth-order valence-corrected chi connectivity index (χ4v) is 3.64. The van der Waals surface area contributed by atoms with Gasteiger partial charge in [-0.05, 0) is 12.1 Å². The predicted octanol–water partition coefficient (Wildman–Crippen LogP) is 4.96. The number of benzene rings is 2. The Hall–Kier alpha value is -2.32. The third-order valence-corrected chi connectivity index (χ3v) is 5.21. The monoisotopic (exact) mass is 380 g/mol. The molecule has 0 radical (unpaired) electrons. The van der Waals surface area contributed by atoms with Crippen molar-refractivity contribution in [3.05, 3.63) is 65.3 Å². The third kappa shape index (κ3) is 4.21. The van der Waals surface area contributed by atoms with Crippen LogP contribution < -0.4 is 5.32 Å². The number of halogens is 3. The highest BCUT2D eigenvalue weighted by molar-refractivity contribution is 8.01. The van der Waals surface area contributed by atoms with Gasteiger partial charge in [0.25, 0.3) is 0 Å². The number of nitrogens with one attached hydrogen (secondary N) is 1. The Morgan fingerprint density at radius 3 is 2.60 bits per heavy atom. The molecule has 2 aromatic carbocycles. The molecule has 1 N–H and O–H groups in total. The number of carbonyl (C=O) groups is 1. The lowest BCUT2D eigenvalue weighted by atomic mass is 10.2. The summed E-state index contributed by atoms with van der Waals surface area (Å²) in [6.07, 6.45) is 0. The molecule has 128 valence electrons. The summed E-state index contributed by atoms with van der Waals surface area (Å²) >= 11 is 2.57. The summed E-state index contributed by atoms with van der Waals surface area (Å²) in [6.45, 7) is 0. The molecular formula is C17H11F3N2OS2. The molecule has 0 aliphatic rings. The number of anilines is 1. The molecule has 1 amide bonds. The number of hydrogen-bond acceptors (Lipinski definition) is 4. The molecule has 0 atom stereocenters. The number of aromatic nitrogens is 1. The Labute approximate surface area is 149 Å². The van der Waals surface area contributed by atoms with E-state index < -0.39 is 29.0 Å². The summed E-state index contributed by atoms with van der Waals surface area (Å²) < 4.78 is 40.2. The van der Waals surface area contributed by atoms with Gasteiger partial charge < -0.3 is 5.32 Å². The SMILES string of the molecule is O=C(CSc1nc(-c2ccccc2)cs1)Nc1ccc(F)c(F)c1F. The van der Waals surface area contributed by atoms with Gasteiger partial charge in [0.2, 0.25) is 5.91 Å². The van der Waals surface area contributed by atoms with Crippen LogP contribution in [0.5, 0.6) is 0 Å². The summed E-state index contributed by atoms with van der Waals surface area (Å²) in [7, 11) is 0. The number of hydrogen-bond donors (Lipinski definition) is 1. The van der Waals surface area contributed by atoms with Crippen molar-refractivity contribution in [2.24, 2.45) is 0 Å². The molecule has 3 aromatic rings. The van der Waals surface area contributed by atoms with Gasteiger partial charge in [0.1, 0.15) is 0 Å². The van der Waals surface area contributed by atoms with Crippen LogP contribution in [0.15, 0.2) is 52.2 Å². The van der Waals surface area contributed by atoms with E-state index in [2.05, 4.69) is 10.3 Å². The van der Waals surface area contributed by atoms with Crippen molar-refractivity contribution < 1.29 is 18.0 Å². The van der Waals surface area contributed by atoms with Gasteiger partial charge in [-0.3, -0.25) is 4.79 Å². The summed E-state index contributed by atoms with van der Waals surface area (Å²) in [5, 5.41) is 4.10. The van der Waals surface area contributed by atoms with Gasteiger partial charge in [0.15, 0.2) is 21.8 Å². The highest BCUT2D eigenvalue weighted by Gasteiger charge is 2.15. The molecule has 0 aliphatic carbocycles. The fourth-order valence-electron chi connectivity index (χ4n) is 2.00. The van der Waals surface area contributed by atoms with Crippen LogP contribution in [0.3, 0.4) is 0 Å². The van der Waals surface area contributed by atoms with Crippen LogP contribution >= 0.6 is 23.1 Å². The molecule has 0 saturated carbocycles. The largest absolute Gasteiger partial charge is 0.323 e. The van der Waals surface area contributed by atoms with E-state index in [0.717, 1.165) is 23.4 Å². The zero-order valence-electron chi connectivity index (χ0n) is 12.6. The van der Waals surface area contributed by atoms with Crippen LogP contribution in [0.2, 0.25) is 0 Å². The van der Waals surface area contributed by atoms with Crippen molar-refractivity contribution in [1.29, 1.82) is 0 Å². The number of carbonyl (C=O) groups excluding carboxylic acids is 1. The average molecular weight is 380 g/mol. The van der Waals surface area contributed by atoms with Gasteiger partial charge in [-0.1, -0.05) is 42.1 Å². The molecule has 0 bridgehead atoms. The predicted molar refractivity (Wildman–Crippen MR) is 93.2 cm³/mol. The first-order valence-corrected chi connectivity index (χ1v) is 8.98. The normalized spacial score (nSPS) is 10.7. The second kappa shape index (κ2) is 7.71. The number of amides is 1. The van der Waals surface area contributed by atoms with Crippen LogP contribution in [-0.4, -0.2) is 16.6 Å². The van der Waals surface area contributed by atoms with Crippen molar-refractivity contribution in [1.82, 2.24) is 4.98 Å². The molecule has 3 rings (SSSR count). The topological polar surface area (TPSA) is 42.0 Å². The van der Waals surface area contributed by atoms with Crippen LogP contribution in [0.4, 0.5) is 18.9 Å². The van der Waals surface area contributed by atoms with Gasteiger partial charge in [0, 0.05) is 10.9 Å². The highest BCUT2D eigenvalue weighted by Crippen LogP contribution is 2.28. The zero-order valence-corrected chi connectivity index (χ0v) is 14.3. The van der Waals surface area contributed by atoms with Crippen LogP contribution in [-0.2, 0) is 4.79 Å². The molecule has 0 unspecified atom stereocenters. The smallest absolute Gasteiger partial charge is 0.234 e. The lowest BCUT2D eigenvalue weighted by Crippen LogP contribution is -2.15. The first-order valence-electron chi connectivity index (χ1n) is 7.11. The first kappa shape index (κ1) is 17.5. The zero-order chi connectivity index (χ0) is 17.8. The Balaban J connectivity index is 1.60. The standard InChI is InChI=1S/C17H11F3N2OS2/c18-11-6-7-12(16(20)15(11)19)21-14(23)9-25-17-22-13(8-24-17)10-4-2-1-3-5-10/h1-8H,9H2,(H,21,23). The van der Waals surface area contributed by atoms with Gasteiger partial charge in [-0.25, -0.2) is 18.2 Å². The van der Waals surface area contributed by atoms with E-state index in [0.29, 0.717) is 4.34 Å². The van der Waals surface area contributed by atoms with Crippen molar-refractivity contribution in [2.45, 2.75) is 4.34 Å². The van der Waals surface area contributed by atoms with Crippen molar-refractivity contribution in [3.63, 3.8) is 0 Å². The Bertz CT molecular complexity index is 900. The minimum atomic E-state index is -1.61. The summed E-state index contributed by atoms with van der Waals surface area (Å²) in [6, 6.07) is 11.3. The van der Waals surface area contributed by atoms with E-state index in [1.54, 1.807) is 0 Å². The minimum Gasteiger partial charge on any atom is -0.323 e. The quantitative estimate of drug-likeness (QED) is 0.503. The Kier molecular flexibility index (Phi) is 5.40. The average Bonchev–Trinajstić information content (AvgIpc) is 3.10. The first-order chi connectivity index (χ1) is 12.0. The maximum atomic E-state index is 13.5. The molecule has 0 aliphatic heterocycles. The Morgan fingerprint density at radius 1 is 1.08 bits per heavy atom. The summed E-state index contributed by atoms with van der Waals surface area (Å²) in [5.74, 6) is -4.90. The number of thiazole rings is 1. The van der Waals surface area contributed by atoms with Gasteiger partial charge in [-0.15, -0.1) is 11.3 Å². The molecule has 0 saturated heterocycles. The number of thioether (sulfide) groups is 1. The summed E-state index contributed by atoms with van der Waals surface area (Å²) in [4.78, 5) is 16.3. The number of nitrogens with zero attached hydrogens (tertiary/aromatic N) is 1. The van der Waals surface area contributed by atoms with Gasteiger partial charge in [0.05, 0.1) is 17.1 Å². The van der Waals surface area contributed by atoms with Gasteiger partial charge >= 0.3 is 0 Å². The van der Waals surface area contributed by atoms with Crippen LogP contribution in [0.25, 0.3) is 11.3 Å². The highest BCUT2D eigenvalue weighted by atomic mass is 32.2.